The van der Waals surface area contributed by atoms with Crippen molar-refractivity contribution in [3.05, 3.63) is 52.1 Å². The quantitative estimate of drug-likeness (QED) is 0.404. The molecule has 0 bridgehead atoms. The van der Waals surface area contributed by atoms with E-state index < -0.39 is 20.6 Å². The molecule has 12 heteroatoms. The molecule has 164 valence electrons. The molecule has 0 atom stereocenters. The Labute approximate surface area is 178 Å². The van der Waals surface area contributed by atoms with Crippen molar-refractivity contribution in [3.63, 3.8) is 0 Å². The lowest BCUT2D eigenvalue weighted by Crippen LogP contribution is -2.40. The summed E-state index contributed by atoms with van der Waals surface area (Å²) in [5.41, 5.74) is 3.64. The van der Waals surface area contributed by atoms with E-state index in [9.17, 15) is 18.5 Å². The molecule has 1 N–H and O–H groups in total. The topological polar surface area (TPSA) is 133 Å². The van der Waals surface area contributed by atoms with Gasteiger partial charge in [-0.2, -0.15) is 9.41 Å². The fraction of sp³-hybridized carbons (Fsp3) is 0.316. The lowest BCUT2D eigenvalue weighted by atomic mass is 10.1. The van der Waals surface area contributed by atoms with E-state index in [2.05, 4.69) is 10.5 Å². The molecule has 0 spiro atoms. The number of benzene rings is 2. The fourth-order valence-electron chi connectivity index (χ4n) is 3.18. The van der Waals surface area contributed by atoms with Crippen LogP contribution in [0.3, 0.4) is 0 Å². The van der Waals surface area contributed by atoms with Crippen LogP contribution in [0.15, 0.2) is 46.4 Å². The molecule has 1 saturated heterocycles. The van der Waals surface area contributed by atoms with Crippen LogP contribution in [-0.4, -0.2) is 56.5 Å². The molecule has 31 heavy (non-hydrogen) atoms. The first-order chi connectivity index (χ1) is 14.9. The maximum absolute atomic E-state index is 12.8. The van der Waals surface area contributed by atoms with Gasteiger partial charge in [-0.25, -0.2) is 8.42 Å². The van der Waals surface area contributed by atoms with Crippen molar-refractivity contribution in [2.45, 2.75) is 11.8 Å². The van der Waals surface area contributed by atoms with Gasteiger partial charge >= 0.3 is 0 Å². The normalized spacial score (nSPS) is 16.9. The van der Waals surface area contributed by atoms with Gasteiger partial charge in [0, 0.05) is 24.7 Å². The molecule has 0 radical (unpaired) electrons. The first kappa shape index (κ1) is 21.0. The van der Waals surface area contributed by atoms with Crippen molar-refractivity contribution in [3.8, 4) is 11.5 Å². The number of morpholine rings is 1. The smallest absolute Gasteiger partial charge is 0.295 e. The monoisotopic (exact) mass is 448 g/mol. The van der Waals surface area contributed by atoms with Crippen LogP contribution in [0.5, 0.6) is 11.5 Å². The van der Waals surface area contributed by atoms with Gasteiger partial charge in [-0.15, -0.1) is 0 Å². The van der Waals surface area contributed by atoms with Gasteiger partial charge in [0.05, 0.1) is 28.7 Å². The number of fused-ring (bicyclic) bond motifs is 1. The molecule has 4 rings (SSSR count). The van der Waals surface area contributed by atoms with Gasteiger partial charge in [0.2, 0.25) is 16.8 Å². The second-order valence-corrected chi connectivity index (χ2v) is 8.77. The second-order valence-electron chi connectivity index (χ2n) is 6.83. The summed E-state index contributed by atoms with van der Waals surface area (Å²) >= 11 is 0. The Kier molecular flexibility index (Phi) is 5.76. The Morgan fingerprint density at radius 3 is 2.61 bits per heavy atom. The molecule has 2 aromatic rings. The molecule has 11 nitrogen and oxygen atoms in total. The van der Waals surface area contributed by atoms with Crippen molar-refractivity contribution in [1.29, 1.82) is 0 Å². The number of anilines is 1. The highest BCUT2D eigenvalue weighted by Crippen LogP contribution is 2.33. The summed E-state index contributed by atoms with van der Waals surface area (Å²) in [7, 11) is -3.86. The van der Waals surface area contributed by atoms with Gasteiger partial charge in [-0.05, 0) is 37.3 Å². The van der Waals surface area contributed by atoms with E-state index in [0.29, 0.717) is 17.2 Å². The van der Waals surface area contributed by atoms with Gasteiger partial charge in [-0.3, -0.25) is 15.5 Å². The summed E-state index contributed by atoms with van der Waals surface area (Å²) in [6.07, 6.45) is 0. The number of hydrogen-bond acceptors (Lipinski definition) is 9. The lowest BCUT2D eigenvalue weighted by molar-refractivity contribution is -0.384. The minimum Gasteiger partial charge on any atom is -0.454 e. The third kappa shape index (κ3) is 4.31. The zero-order chi connectivity index (χ0) is 22.0. The molecule has 2 heterocycles. The standard InChI is InChI=1S/C19H20N4O7S/c1-13(14-2-5-18-19(10-14)30-12-29-18)20-21-16-4-3-15(11-17(16)23(24)25)31(26,27)22-6-8-28-9-7-22/h2-5,10-11,21H,6-9,12H2,1H3/b20-13+. The van der Waals surface area contributed by atoms with Crippen LogP contribution in [0.25, 0.3) is 0 Å². The molecule has 1 fully saturated rings. The molecule has 0 amide bonds. The molecule has 0 aromatic heterocycles. The number of nitrogens with one attached hydrogen (secondary N) is 1. The molecular formula is C19H20N4O7S. The predicted molar refractivity (Wildman–Crippen MR) is 111 cm³/mol. The fourth-order valence-corrected chi connectivity index (χ4v) is 4.61. The van der Waals surface area contributed by atoms with E-state index in [4.69, 9.17) is 14.2 Å². The van der Waals surface area contributed by atoms with Crippen molar-refractivity contribution in [2.75, 3.05) is 38.5 Å². The van der Waals surface area contributed by atoms with Crippen molar-refractivity contribution in [2.24, 2.45) is 5.10 Å². The SMILES string of the molecule is C/C(=N\Nc1ccc(S(=O)(=O)N2CCOCC2)cc1[N+](=O)[O-])c1ccc2c(c1)OCO2. The molecule has 0 aliphatic carbocycles. The maximum atomic E-state index is 12.8. The van der Waals surface area contributed by atoms with Crippen LogP contribution in [0.4, 0.5) is 11.4 Å². The van der Waals surface area contributed by atoms with E-state index >= 15 is 0 Å². The minimum atomic E-state index is -3.86. The summed E-state index contributed by atoms with van der Waals surface area (Å²) in [5.74, 6) is 1.23. The van der Waals surface area contributed by atoms with Crippen molar-refractivity contribution < 1.29 is 27.6 Å². The zero-order valence-corrected chi connectivity index (χ0v) is 17.4. The molecule has 0 unspecified atom stereocenters. The van der Waals surface area contributed by atoms with E-state index in [1.807, 2.05) is 0 Å². The van der Waals surface area contributed by atoms with Crippen LogP contribution in [0, 0.1) is 10.1 Å². The van der Waals surface area contributed by atoms with Crippen LogP contribution >= 0.6 is 0 Å². The number of rotatable bonds is 6. The molecule has 0 saturated carbocycles. The van der Waals surface area contributed by atoms with E-state index in [1.165, 1.54) is 16.4 Å². The van der Waals surface area contributed by atoms with Gasteiger partial charge < -0.3 is 14.2 Å². The first-order valence-electron chi connectivity index (χ1n) is 9.43. The summed E-state index contributed by atoms with van der Waals surface area (Å²) < 4.78 is 42.6. The largest absolute Gasteiger partial charge is 0.454 e. The highest BCUT2D eigenvalue weighted by atomic mass is 32.2. The maximum Gasteiger partial charge on any atom is 0.295 e. The third-order valence-corrected chi connectivity index (χ3v) is 6.80. The number of nitro groups is 1. The molecule has 2 aromatic carbocycles. The summed E-state index contributed by atoms with van der Waals surface area (Å²) in [6, 6.07) is 9.01. The van der Waals surface area contributed by atoms with Gasteiger partial charge in [0.15, 0.2) is 11.5 Å². The Balaban J connectivity index is 1.58. The van der Waals surface area contributed by atoms with Crippen molar-refractivity contribution in [1.82, 2.24) is 4.31 Å². The average Bonchev–Trinajstić information content (AvgIpc) is 3.25. The number of nitro benzene ring substituents is 1. The predicted octanol–water partition coefficient (Wildman–Crippen LogP) is 2.18. The summed E-state index contributed by atoms with van der Waals surface area (Å²) in [6.45, 7) is 2.86. The molecule has 2 aliphatic heterocycles. The molecule has 2 aliphatic rings. The third-order valence-electron chi connectivity index (χ3n) is 4.91. The number of sulfonamides is 1. The Hall–Kier alpha value is -3.22. The minimum absolute atomic E-state index is 0.0750. The van der Waals surface area contributed by atoms with Gasteiger partial charge in [-0.1, -0.05) is 0 Å². The number of ether oxygens (including phenoxy) is 3. The van der Waals surface area contributed by atoms with Gasteiger partial charge in [0.1, 0.15) is 5.69 Å². The van der Waals surface area contributed by atoms with Crippen LogP contribution < -0.4 is 14.9 Å². The van der Waals surface area contributed by atoms with E-state index in [1.54, 1.807) is 25.1 Å². The summed E-state index contributed by atoms with van der Waals surface area (Å²) in [4.78, 5) is 10.8. The highest BCUT2D eigenvalue weighted by Gasteiger charge is 2.29. The van der Waals surface area contributed by atoms with Gasteiger partial charge in [0.25, 0.3) is 5.69 Å². The van der Waals surface area contributed by atoms with E-state index in [-0.39, 0.29) is 43.7 Å². The Morgan fingerprint density at radius 1 is 1.13 bits per heavy atom. The highest BCUT2D eigenvalue weighted by molar-refractivity contribution is 7.89. The summed E-state index contributed by atoms with van der Waals surface area (Å²) in [5, 5.41) is 15.8. The van der Waals surface area contributed by atoms with Crippen LogP contribution in [0.2, 0.25) is 0 Å². The lowest BCUT2D eigenvalue weighted by Gasteiger charge is -2.26. The first-order valence-corrected chi connectivity index (χ1v) is 10.9. The zero-order valence-electron chi connectivity index (χ0n) is 16.6. The van der Waals surface area contributed by atoms with Crippen LogP contribution in [-0.2, 0) is 14.8 Å². The number of hydrogen-bond donors (Lipinski definition) is 1. The molecular weight excluding hydrogens is 428 g/mol. The second kappa shape index (κ2) is 8.49. The van der Waals surface area contributed by atoms with Crippen molar-refractivity contribution >= 4 is 27.1 Å². The Bertz CT molecular complexity index is 1140. The average molecular weight is 448 g/mol. The number of nitrogens with zero attached hydrogens (tertiary/aromatic N) is 3. The Morgan fingerprint density at radius 2 is 1.87 bits per heavy atom. The number of hydrazone groups is 1. The van der Waals surface area contributed by atoms with E-state index in [0.717, 1.165) is 11.6 Å². The van der Waals surface area contributed by atoms with Crippen LogP contribution in [0.1, 0.15) is 12.5 Å².